The number of carbonyl (C=O) groups is 1. The van der Waals surface area contributed by atoms with E-state index in [9.17, 15) is 4.79 Å². The zero-order valence-corrected chi connectivity index (χ0v) is 6.02. The molecule has 53 valence electrons. The largest absolute Gasteiger partial charge is 0.300 e. The number of hydrogen-bond acceptors (Lipinski definition) is 1. The van der Waals surface area contributed by atoms with Gasteiger partial charge in [0.25, 0.3) is 0 Å². The molecular formula is C9H11O. The molecule has 0 atom stereocenters. The highest BCUT2D eigenvalue weighted by atomic mass is 16.1. The SMILES string of the molecule is C=C=C[C]1CCCC(=O)C1. The van der Waals surface area contributed by atoms with Gasteiger partial charge in [-0.3, -0.25) is 4.79 Å². The summed E-state index contributed by atoms with van der Waals surface area (Å²) in [5.41, 5.74) is 2.69. The van der Waals surface area contributed by atoms with Crippen molar-refractivity contribution in [1.29, 1.82) is 0 Å². The minimum Gasteiger partial charge on any atom is -0.300 e. The first-order chi connectivity index (χ1) is 4.83. The zero-order chi connectivity index (χ0) is 7.40. The van der Waals surface area contributed by atoms with Gasteiger partial charge in [-0.25, -0.2) is 0 Å². The summed E-state index contributed by atoms with van der Waals surface area (Å²) >= 11 is 0. The number of hydrogen-bond donors (Lipinski definition) is 0. The van der Waals surface area contributed by atoms with Crippen LogP contribution in [0.15, 0.2) is 18.4 Å². The maximum atomic E-state index is 10.9. The van der Waals surface area contributed by atoms with E-state index >= 15 is 0 Å². The molecule has 10 heavy (non-hydrogen) atoms. The quantitative estimate of drug-likeness (QED) is 0.503. The topological polar surface area (TPSA) is 17.1 Å². The van der Waals surface area contributed by atoms with Crippen LogP contribution < -0.4 is 0 Å². The maximum Gasteiger partial charge on any atom is 0.133 e. The Hall–Kier alpha value is -0.810. The molecule has 0 saturated heterocycles. The van der Waals surface area contributed by atoms with Gasteiger partial charge in [0.05, 0.1) is 0 Å². The molecule has 1 radical (unpaired) electrons. The molecule has 1 rings (SSSR count). The Morgan fingerprint density at radius 3 is 2.90 bits per heavy atom. The molecule has 1 heteroatoms. The van der Waals surface area contributed by atoms with E-state index in [0.29, 0.717) is 12.2 Å². The van der Waals surface area contributed by atoms with Gasteiger partial charge in [-0.2, -0.15) is 0 Å². The summed E-state index contributed by atoms with van der Waals surface area (Å²) in [5.74, 6) is 1.54. The van der Waals surface area contributed by atoms with Crippen molar-refractivity contribution in [2.24, 2.45) is 0 Å². The number of rotatable bonds is 1. The number of ketones is 1. The molecule has 1 nitrogen and oxygen atoms in total. The predicted molar refractivity (Wildman–Crippen MR) is 40.4 cm³/mol. The van der Waals surface area contributed by atoms with Gasteiger partial charge >= 0.3 is 0 Å². The fourth-order valence-electron chi connectivity index (χ4n) is 1.21. The van der Waals surface area contributed by atoms with Crippen LogP contribution in [-0.4, -0.2) is 5.78 Å². The summed E-state index contributed by atoms with van der Waals surface area (Å²) in [5, 5.41) is 0. The molecule has 0 aromatic rings. The van der Waals surface area contributed by atoms with E-state index in [1.807, 2.05) is 6.08 Å². The molecule has 0 unspecified atom stereocenters. The van der Waals surface area contributed by atoms with Gasteiger partial charge in [-0.1, -0.05) is 6.58 Å². The van der Waals surface area contributed by atoms with Gasteiger partial charge in [0, 0.05) is 18.8 Å². The highest BCUT2D eigenvalue weighted by Gasteiger charge is 2.16. The summed E-state index contributed by atoms with van der Waals surface area (Å²) in [4.78, 5) is 10.9. The molecule has 0 aromatic heterocycles. The van der Waals surface area contributed by atoms with Gasteiger partial charge in [-0.05, 0) is 18.9 Å². The number of Topliss-reactive ketones (excluding diaryl/α,β-unsaturated/α-hetero) is 1. The molecule has 0 N–H and O–H groups in total. The van der Waals surface area contributed by atoms with Crippen LogP contribution in [0.5, 0.6) is 0 Å². The van der Waals surface area contributed by atoms with E-state index < -0.39 is 0 Å². The molecule has 0 spiro atoms. The molecule has 1 aliphatic rings. The molecule has 0 bridgehead atoms. The molecule has 1 saturated carbocycles. The van der Waals surface area contributed by atoms with Crippen molar-refractivity contribution in [3.05, 3.63) is 24.3 Å². The van der Waals surface area contributed by atoms with Crippen molar-refractivity contribution in [2.75, 3.05) is 0 Å². The second-order valence-electron chi connectivity index (χ2n) is 2.58. The van der Waals surface area contributed by atoms with Crippen molar-refractivity contribution in [3.8, 4) is 0 Å². The van der Waals surface area contributed by atoms with E-state index in [-0.39, 0.29) is 0 Å². The van der Waals surface area contributed by atoms with Crippen molar-refractivity contribution in [2.45, 2.75) is 25.7 Å². The van der Waals surface area contributed by atoms with Crippen molar-refractivity contribution in [1.82, 2.24) is 0 Å². The van der Waals surface area contributed by atoms with Gasteiger partial charge in [0.15, 0.2) is 0 Å². The van der Waals surface area contributed by atoms with Gasteiger partial charge in [-0.15, -0.1) is 5.73 Å². The Morgan fingerprint density at radius 1 is 1.50 bits per heavy atom. The third-order valence-corrected chi connectivity index (χ3v) is 1.68. The molecule has 1 aliphatic carbocycles. The minimum absolute atomic E-state index is 0.354. The van der Waals surface area contributed by atoms with Crippen LogP contribution in [0.1, 0.15) is 25.7 Å². The smallest absolute Gasteiger partial charge is 0.133 e. The second kappa shape index (κ2) is 3.38. The zero-order valence-electron chi connectivity index (χ0n) is 6.02. The number of carbonyl (C=O) groups excluding carboxylic acids is 1. The fraction of sp³-hybridized carbons (Fsp3) is 0.444. The normalized spacial score (nSPS) is 20.2. The van der Waals surface area contributed by atoms with Crippen LogP contribution in [0.4, 0.5) is 0 Å². The third kappa shape index (κ3) is 1.85. The minimum atomic E-state index is 0.354. The first-order valence-corrected chi connectivity index (χ1v) is 3.55. The van der Waals surface area contributed by atoms with Crippen LogP contribution in [0.2, 0.25) is 0 Å². The van der Waals surface area contributed by atoms with E-state index in [1.54, 1.807) is 0 Å². The highest BCUT2D eigenvalue weighted by Crippen LogP contribution is 2.23. The van der Waals surface area contributed by atoms with E-state index in [1.165, 1.54) is 5.92 Å². The summed E-state index contributed by atoms with van der Waals surface area (Å²) in [7, 11) is 0. The van der Waals surface area contributed by atoms with Crippen LogP contribution in [0, 0.1) is 5.92 Å². The Labute approximate surface area is 61.4 Å². The molecule has 1 fully saturated rings. The van der Waals surface area contributed by atoms with Crippen LogP contribution in [-0.2, 0) is 4.79 Å². The average molecular weight is 135 g/mol. The lowest BCUT2D eigenvalue weighted by atomic mass is 9.88. The molecular weight excluding hydrogens is 124 g/mol. The first-order valence-electron chi connectivity index (χ1n) is 3.55. The van der Waals surface area contributed by atoms with Gasteiger partial charge in [0.2, 0.25) is 0 Å². The lowest BCUT2D eigenvalue weighted by Crippen LogP contribution is -2.10. The lowest BCUT2D eigenvalue weighted by molar-refractivity contribution is -0.119. The van der Waals surface area contributed by atoms with E-state index in [2.05, 4.69) is 12.3 Å². The van der Waals surface area contributed by atoms with Crippen LogP contribution in [0.3, 0.4) is 0 Å². The standard InChI is InChI=1S/C9H11O/c1-2-4-8-5-3-6-9(10)7-8/h4H,1,3,5-7H2. The predicted octanol–water partition coefficient (Wildman–Crippen LogP) is 2.05. The van der Waals surface area contributed by atoms with E-state index in [4.69, 9.17) is 0 Å². The van der Waals surface area contributed by atoms with Crippen molar-refractivity contribution in [3.63, 3.8) is 0 Å². The summed E-state index contributed by atoms with van der Waals surface area (Å²) in [6.45, 7) is 3.47. The Kier molecular flexibility index (Phi) is 2.47. The monoisotopic (exact) mass is 135 g/mol. The van der Waals surface area contributed by atoms with Gasteiger partial charge in [0.1, 0.15) is 5.78 Å². The van der Waals surface area contributed by atoms with Crippen LogP contribution >= 0.6 is 0 Å². The Morgan fingerprint density at radius 2 is 2.30 bits per heavy atom. The van der Waals surface area contributed by atoms with Gasteiger partial charge < -0.3 is 0 Å². The lowest BCUT2D eigenvalue weighted by Gasteiger charge is -2.14. The summed E-state index contributed by atoms with van der Waals surface area (Å²) < 4.78 is 0. The van der Waals surface area contributed by atoms with Crippen molar-refractivity contribution < 1.29 is 4.79 Å². The summed E-state index contributed by atoms with van der Waals surface area (Å²) in [6, 6.07) is 0. The third-order valence-electron chi connectivity index (χ3n) is 1.68. The maximum absolute atomic E-state index is 10.9. The molecule has 0 aromatic carbocycles. The van der Waals surface area contributed by atoms with E-state index in [0.717, 1.165) is 19.3 Å². The summed E-state index contributed by atoms with van der Waals surface area (Å²) in [6.07, 6.45) is 5.27. The Balaban J connectivity index is 2.46. The molecule has 0 amide bonds. The molecule has 0 heterocycles. The highest BCUT2D eigenvalue weighted by molar-refractivity contribution is 5.81. The fourth-order valence-corrected chi connectivity index (χ4v) is 1.21. The van der Waals surface area contributed by atoms with Crippen LogP contribution in [0.25, 0.3) is 0 Å². The Bertz CT molecular complexity index is 175. The second-order valence-corrected chi connectivity index (χ2v) is 2.58. The number of allylic oxidation sites excluding steroid dienone is 1. The average Bonchev–Trinajstić information content (AvgIpc) is 1.88. The first kappa shape index (κ1) is 7.30. The van der Waals surface area contributed by atoms with Crippen molar-refractivity contribution >= 4 is 5.78 Å². The molecule has 0 aliphatic heterocycles.